The molecule has 23 heavy (non-hydrogen) atoms. The molecule has 0 spiro atoms. The Morgan fingerprint density at radius 3 is 2.13 bits per heavy atom. The van der Waals surface area contributed by atoms with E-state index in [1.54, 1.807) is 42.3 Å². The minimum absolute atomic E-state index is 0.0154. The predicted molar refractivity (Wildman–Crippen MR) is 88.6 cm³/mol. The van der Waals surface area contributed by atoms with Crippen LogP contribution in [0.2, 0.25) is 0 Å². The van der Waals surface area contributed by atoms with Crippen LogP contribution in [0.15, 0.2) is 65.6 Å². The van der Waals surface area contributed by atoms with Gasteiger partial charge in [0.05, 0.1) is 16.2 Å². The number of carbonyl (C=O) groups is 1. The lowest BCUT2D eigenvalue weighted by Gasteiger charge is -2.38. The number of hydrogen-bond acceptors (Lipinski definition) is 3. The van der Waals surface area contributed by atoms with Crippen LogP contribution in [0.25, 0.3) is 0 Å². The van der Waals surface area contributed by atoms with Crippen LogP contribution in [0.5, 0.6) is 0 Å². The zero-order valence-corrected chi connectivity index (χ0v) is 13.7. The van der Waals surface area contributed by atoms with Gasteiger partial charge in [-0.1, -0.05) is 48.5 Å². The van der Waals surface area contributed by atoms with E-state index >= 15 is 0 Å². The number of nitrogens with zero attached hydrogens (tertiary/aromatic N) is 1. The van der Waals surface area contributed by atoms with Gasteiger partial charge in [-0.2, -0.15) is 0 Å². The summed E-state index contributed by atoms with van der Waals surface area (Å²) in [6.45, 7) is 0. The van der Waals surface area contributed by atoms with Gasteiger partial charge in [-0.25, -0.2) is 8.42 Å². The highest BCUT2D eigenvalue weighted by molar-refractivity contribution is 7.92. The monoisotopic (exact) mass is 329 g/mol. The SMILES string of the molecule is CN1C(=O)CC[C@@H](S(=O)(=O)c2ccccc2)[C@@H]1c1ccccc1. The predicted octanol–water partition coefficient (Wildman–Crippen LogP) is 2.82. The van der Waals surface area contributed by atoms with Gasteiger partial charge < -0.3 is 4.90 Å². The van der Waals surface area contributed by atoms with Crippen molar-refractivity contribution in [2.45, 2.75) is 29.0 Å². The third kappa shape index (κ3) is 2.88. The van der Waals surface area contributed by atoms with Crippen LogP contribution in [0.3, 0.4) is 0 Å². The Morgan fingerprint density at radius 2 is 1.52 bits per heavy atom. The van der Waals surface area contributed by atoms with Gasteiger partial charge in [-0.05, 0) is 24.1 Å². The summed E-state index contributed by atoms with van der Waals surface area (Å²) in [6.07, 6.45) is 0.608. The van der Waals surface area contributed by atoms with Crippen LogP contribution in [-0.4, -0.2) is 31.5 Å². The Kier molecular flexibility index (Phi) is 4.22. The third-order valence-corrected chi connectivity index (χ3v) is 6.64. The van der Waals surface area contributed by atoms with Gasteiger partial charge in [0.25, 0.3) is 0 Å². The summed E-state index contributed by atoms with van der Waals surface area (Å²) in [4.78, 5) is 14.0. The van der Waals surface area contributed by atoms with Gasteiger partial charge in [0.15, 0.2) is 9.84 Å². The topological polar surface area (TPSA) is 54.5 Å². The Hall–Kier alpha value is -2.14. The summed E-state index contributed by atoms with van der Waals surface area (Å²) >= 11 is 0. The molecule has 2 atom stereocenters. The van der Waals surface area contributed by atoms with Crippen molar-refractivity contribution in [2.24, 2.45) is 0 Å². The molecule has 0 aromatic heterocycles. The van der Waals surface area contributed by atoms with Crippen molar-refractivity contribution < 1.29 is 13.2 Å². The highest BCUT2D eigenvalue weighted by Crippen LogP contribution is 2.37. The van der Waals surface area contributed by atoms with Crippen molar-refractivity contribution in [1.29, 1.82) is 0 Å². The van der Waals surface area contributed by atoms with Gasteiger partial charge in [0.2, 0.25) is 5.91 Å². The molecule has 1 aliphatic rings. The maximum Gasteiger partial charge on any atom is 0.222 e. The highest BCUT2D eigenvalue weighted by Gasteiger charge is 2.42. The standard InChI is InChI=1S/C18H19NO3S/c1-19-17(20)13-12-16(18(19)14-8-4-2-5-9-14)23(21,22)15-10-6-3-7-11-15/h2-11,16,18H,12-13H2,1H3/t16-,18+/m1/s1. The molecule has 1 saturated heterocycles. The maximum absolute atomic E-state index is 13.1. The molecule has 2 aromatic carbocycles. The fourth-order valence-electron chi connectivity index (χ4n) is 3.20. The van der Waals surface area contributed by atoms with Crippen molar-refractivity contribution in [3.05, 3.63) is 66.2 Å². The Labute approximate surface area is 136 Å². The van der Waals surface area contributed by atoms with Gasteiger partial charge in [0, 0.05) is 13.5 Å². The Morgan fingerprint density at radius 1 is 0.957 bits per heavy atom. The summed E-state index contributed by atoms with van der Waals surface area (Å²) in [6, 6.07) is 17.4. The Bertz CT molecular complexity index is 788. The maximum atomic E-state index is 13.1. The number of amides is 1. The normalized spacial score (nSPS) is 22.1. The van der Waals surface area contributed by atoms with E-state index in [2.05, 4.69) is 0 Å². The van der Waals surface area contributed by atoms with E-state index in [0.29, 0.717) is 11.3 Å². The molecule has 1 aliphatic heterocycles. The number of sulfone groups is 1. The van der Waals surface area contributed by atoms with Crippen molar-refractivity contribution in [1.82, 2.24) is 4.90 Å². The van der Waals surface area contributed by atoms with Gasteiger partial charge in [0.1, 0.15) is 0 Å². The largest absolute Gasteiger partial charge is 0.337 e. The van der Waals surface area contributed by atoms with E-state index in [1.807, 2.05) is 30.3 Å². The van der Waals surface area contributed by atoms with Crippen molar-refractivity contribution in [2.75, 3.05) is 7.05 Å². The van der Waals surface area contributed by atoms with Gasteiger partial charge in [-0.3, -0.25) is 4.79 Å². The molecule has 5 heteroatoms. The molecule has 0 saturated carbocycles. The molecule has 1 amide bonds. The van der Waals surface area contributed by atoms with E-state index in [1.165, 1.54) is 0 Å². The van der Waals surface area contributed by atoms with E-state index in [0.717, 1.165) is 5.56 Å². The average molecular weight is 329 g/mol. The number of rotatable bonds is 3. The quantitative estimate of drug-likeness (QED) is 0.870. The number of hydrogen-bond donors (Lipinski definition) is 0. The highest BCUT2D eigenvalue weighted by atomic mass is 32.2. The molecule has 120 valence electrons. The molecule has 0 bridgehead atoms. The van der Waals surface area contributed by atoms with Crippen LogP contribution in [0, 0.1) is 0 Å². The fraction of sp³-hybridized carbons (Fsp3) is 0.278. The summed E-state index contributed by atoms with van der Waals surface area (Å²) in [5.74, 6) is -0.0154. The number of benzene rings is 2. The molecule has 3 rings (SSSR count). The summed E-state index contributed by atoms with van der Waals surface area (Å²) in [5, 5.41) is -0.630. The summed E-state index contributed by atoms with van der Waals surface area (Å²) < 4.78 is 26.2. The van der Waals surface area contributed by atoms with Crippen LogP contribution >= 0.6 is 0 Å². The van der Waals surface area contributed by atoms with Crippen LogP contribution in [0.4, 0.5) is 0 Å². The van der Waals surface area contributed by atoms with E-state index in [-0.39, 0.29) is 12.3 Å². The zero-order chi connectivity index (χ0) is 16.4. The van der Waals surface area contributed by atoms with Crippen molar-refractivity contribution in [3.8, 4) is 0 Å². The minimum atomic E-state index is -3.51. The second-order valence-electron chi connectivity index (χ2n) is 5.80. The molecule has 2 aromatic rings. The van der Waals surface area contributed by atoms with Crippen molar-refractivity contribution in [3.63, 3.8) is 0 Å². The van der Waals surface area contributed by atoms with Crippen molar-refractivity contribution >= 4 is 15.7 Å². The lowest BCUT2D eigenvalue weighted by molar-refractivity contribution is -0.134. The van der Waals surface area contributed by atoms with Gasteiger partial charge in [-0.15, -0.1) is 0 Å². The lowest BCUT2D eigenvalue weighted by atomic mass is 9.95. The molecule has 0 N–H and O–H groups in total. The molecule has 1 fully saturated rings. The first kappa shape index (κ1) is 15.7. The first-order chi connectivity index (χ1) is 11.0. The fourth-order valence-corrected chi connectivity index (χ4v) is 5.20. The van der Waals surface area contributed by atoms with Crippen LogP contribution < -0.4 is 0 Å². The minimum Gasteiger partial charge on any atom is -0.337 e. The molecule has 4 nitrogen and oxygen atoms in total. The molecule has 0 aliphatic carbocycles. The zero-order valence-electron chi connectivity index (χ0n) is 12.9. The lowest BCUT2D eigenvalue weighted by Crippen LogP contribution is -2.46. The van der Waals surface area contributed by atoms with Crippen LogP contribution in [-0.2, 0) is 14.6 Å². The molecular weight excluding hydrogens is 310 g/mol. The Balaban J connectivity index is 2.07. The van der Waals surface area contributed by atoms with E-state index < -0.39 is 21.1 Å². The van der Waals surface area contributed by atoms with E-state index in [4.69, 9.17) is 0 Å². The molecule has 0 radical (unpaired) electrons. The van der Waals surface area contributed by atoms with Gasteiger partial charge >= 0.3 is 0 Å². The third-order valence-electron chi connectivity index (χ3n) is 4.42. The smallest absolute Gasteiger partial charge is 0.222 e. The number of carbonyl (C=O) groups excluding carboxylic acids is 1. The second kappa shape index (κ2) is 6.16. The molecular formula is C18H19NO3S. The summed E-state index contributed by atoms with van der Waals surface area (Å²) in [7, 11) is -1.82. The first-order valence-corrected chi connectivity index (χ1v) is 9.16. The number of likely N-dealkylation sites (tertiary alicyclic amines) is 1. The van der Waals surface area contributed by atoms with E-state index in [9.17, 15) is 13.2 Å². The first-order valence-electron chi connectivity index (χ1n) is 7.61. The summed E-state index contributed by atoms with van der Waals surface area (Å²) in [5.41, 5.74) is 0.854. The second-order valence-corrected chi connectivity index (χ2v) is 7.96. The number of piperidine rings is 1. The van der Waals surface area contributed by atoms with Crippen LogP contribution in [0.1, 0.15) is 24.4 Å². The average Bonchev–Trinajstić information content (AvgIpc) is 2.58. The molecule has 1 heterocycles. The molecule has 0 unspecified atom stereocenters.